The SMILES string of the molecule is CC/C=C\C/C=C\C/C=C\C/C=C\C/C=C\C/C=C\C/C=C\C/C=C\CCCCCCC(=O)OC(COC(=O)CCCCCCCCCCCC/C=C\C/C=C\C/C=C\CCCCCCC)COP(=O)([O-])OCC[N+](C)(C)C. The largest absolute Gasteiger partial charge is 0.756 e. The van der Waals surface area contributed by atoms with Gasteiger partial charge >= 0.3 is 11.9 Å². The summed E-state index contributed by atoms with van der Waals surface area (Å²) < 4.78 is 34.2. The minimum atomic E-state index is -4.66. The molecule has 0 saturated heterocycles. The predicted octanol–water partition coefficient (Wildman–Crippen LogP) is 19.1. The molecule has 0 bridgehead atoms. The summed E-state index contributed by atoms with van der Waals surface area (Å²) in [7, 11) is 1.13. The smallest absolute Gasteiger partial charge is 0.306 e. The first-order chi connectivity index (χ1) is 38.0. The number of hydrogen-bond acceptors (Lipinski definition) is 8. The molecule has 0 aliphatic carbocycles. The van der Waals surface area contributed by atoms with Gasteiger partial charge in [-0.3, -0.25) is 14.2 Å². The number of nitrogens with zero attached hydrogens (tertiary/aromatic N) is 1. The van der Waals surface area contributed by atoms with E-state index in [2.05, 4.69) is 148 Å². The van der Waals surface area contributed by atoms with Crippen LogP contribution in [0.2, 0.25) is 0 Å². The molecule has 0 aromatic carbocycles. The summed E-state index contributed by atoms with van der Waals surface area (Å²) in [6.45, 7) is 4.07. The van der Waals surface area contributed by atoms with Crippen LogP contribution in [-0.2, 0) is 32.7 Å². The lowest BCUT2D eigenvalue weighted by Crippen LogP contribution is -2.37. The summed E-state index contributed by atoms with van der Waals surface area (Å²) in [6.07, 6.45) is 83.5. The first-order valence-corrected chi connectivity index (χ1v) is 32.4. The molecule has 0 aliphatic rings. The summed E-state index contributed by atoms with van der Waals surface area (Å²) in [5.74, 6) is -0.875. The van der Waals surface area contributed by atoms with Crippen molar-refractivity contribution in [3.05, 3.63) is 134 Å². The quantitative estimate of drug-likeness (QED) is 0.0195. The number of carbonyl (C=O) groups is 2. The molecule has 0 fully saturated rings. The molecule has 9 nitrogen and oxygen atoms in total. The van der Waals surface area contributed by atoms with E-state index < -0.39 is 32.5 Å². The Kier molecular flexibility index (Phi) is 55.0. The van der Waals surface area contributed by atoms with Crippen LogP contribution in [0, 0.1) is 0 Å². The molecule has 78 heavy (non-hydrogen) atoms. The molecule has 2 unspecified atom stereocenters. The van der Waals surface area contributed by atoms with Crippen molar-refractivity contribution in [3.63, 3.8) is 0 Å². The number of esters is 2. The number of phosphoric ester groups is 1. The second kappa shape index (κ2) is 57.8. The summed E-state index contributed by atoms with van der Waals surface area (Å²) in [4.78, 5) is 37.9. The molecule has 0 amide bonds. The second-order valence-electron chi connectivity index (χ2n) is 21.3. The van der Waals surface area contributed by atoms with E-state index in [4.69, 9.17) is 18.5 Å². The van der Waals surface area contributed by atoms with E-state index in [1.165, 1.54) is 77.0 Å². The van der Waals surface area contributed by atoms with E-state index in [1.54, 1.807) is 0 Å². The number of phosphoric acid groups is 1. The number of ether oxygens (including phenoxy) is 2. The van der Waals surface area contributed by atoms with Crippen molar-refractivity contribution in [2.24, 2.45) is 0 Å². The van der Waals surface area contributed by atoms with Gasteiger partial charge in [0.15, 0.2) is 6.10 Å². The molecule has 0 heterocycles. The van der Waals surface area contributed by atoms with Gasteiger partial charge in [-0.25, -0.2) is 0 Å². The number of rotatable bonds is 55. The standard InChI is InChI=1S/C68H114NO8P/c1-6-8-10-12-14-16-18-20-22-24-26-28-30-32-33-34-35-37-39-41-43-45-47-49-51-53-55-57-59-61-68(71)77-66(65-76-78(72,73)75-63-62-69(3,4)5)64-74-67(70)60-58-56-54-52-50-48-46-44-42-40-38-36-31-29-27-25-23-21-19-17-15-13-11-9-7-2/h8,10,14,16,19-22,25-28,31-33,35-37,41,43,47,49,66H,6-7,9,11-13,15,17-18,23-24,29-30,34,38-40,42,44-46,48,50-65H2,1-5H3/b10-8-,16-14-,21-19-,22-20-,27-25-,28-26-,33-32-,36-31-,37-35-,43-41-,49-47-. The van der Waals surface area contributed by atoms with E-state index in [0.717, 1.165) is 116 Å². The molecule has 0 spiro atoms. The van der Waals surface area contributed by atoms with Crippen LogP contribution in [0.4, 0.5) is 0 Å². The van der Waals surface area contributed by atoms with E-state index in [1.807, 2.05) is 21.1 Å². The molecule has 0 aliphatic heterocycles. The third-order valence-corrected chi connectivity index (χ3v) is 13.6. The lowest BCUT2D eigenvalue weighted by molar-refractivity contribution is -0.870. The highest BCUT2D eigenvalue weighted by atomic mass is 31.2. The van der Waals surface area contributed by atoms with E-state index >= 15 is 0 Å². The van der Waals surface area contributed by atoms with Crippen LogP contribution in [0.15, 0.2) is 134 Å². The molecule has 0 rings (SSSR count). The fraction of sp³-hybridized carbons (Fsp3) is 0.647. The van der Waals surface area contributed by atoms with Crippen LogP contribution in [0.25, 0.3) is 0 Å². The van der Waals surface area contributed by atoms with Gasteiger partial charge in [-0.1, -0.05) is 237 Å². The lowest BCUT2D eigenvalue weighted by Gasteiger charge is -2.28. The third-order valence-electron chi connectivity index (χ3n) is 12.7. The van der Waals surface area contributed by atoms with Gasteiger partial charge in [-0.15, -0.1) is 0 Å². The minimum absolute atomic E-state index is 0.0445. The van der Waals surface area contributed by atoms with E-state index in [0.29, 0.717) is 23.9 Å². The summed E-state index contributed by atoms with van der Waals surface area (Å²) in [5, 5.41) is 0. The van der Waals surface area contributed by atoms with Gasteiger partial charge in [0.05, 0.1) is 27.7 Å². The van der Waals surface area contributed by atoms with E-state index in [9.17, 15) is 19.0 Å². The van der Waals surface area contributed by atoms with E-state index in [-0.39, 0.29) is 26.1 Å². The minimum Gasteiger partial charge on any atom is -0.756 e. The average Bonchev–Trinajstić information content (AvgIpc) is 3.41. The monoisotopic (exact) mass is 1100 g/mol. The summed E-state index contributed by atoms with van der Waals surface area (Å²) >= 11 is 0. The molecule has 0 radical (unpaired) electrons. The number of likely N-dealkylation sites (N-methyl/N-ethyl adjacent to an activating group) is 1. The lowest BCUT2D eigenvalue weighted by atomic mass is 10.1. The Morgan fingerprint density at radius 1 is 0.410 bits per heavy atom. The molecule has 444 valence electrons. The van der Waals surface area contributed by atoms with Gasteiger partial charge in [-0.2, -0.15) is 0 Å². The molecule has 0 aromatic rings. The Bertz CT molecular complexity index is 1780. The van der Waals surface area contributed by atoms with Gasteiger partial charge in [0.1, 0.15) is 19.8 Å². The van der Waals surface area contributed by atoms with Crippen LogP contribution in [-0.4, -0.2) is 70.0 Å². The van der Waals surface area contributed by atoms with Crippen molar-refractivity contribution >= 4 is 19.8 Å². The van der Waals surface area contributed by atoms with Crippen molar-refractivity contribution in [1.29, 1.82) is 0 Å². The molecule has 2 atom stereocenters. The number of unbranched alkanes of at least 4 members (excludes halogenated alkanes) is 19. The number of allylic oxidation sites excluding steroid dienone is 22. The molecule has 10 heteroatoms. The van der Waals surface area contributed by atoms with Gasteiger partial charge in [-0.05, 0) is 116 Å². The Hall–Kier alpha value is -3.85. The second-order valence-corrected chi connectivity index (χ2v) is 22.7. The Morgan fingerprint density at radius 2 is 0.731 bits per heavy atom. The zero-order valence-corrected chi connectivity index (χ0v) is 51.2. The third kappa shape index (κ3) is 61.4. The van der Waals surface area contributed by atoms with Crippen LogP contribution < -0.4 is 4.89 Å². The van der Waals surface area contributed by atoms with Crippen molar-refractivity contribution in [2.45, 2.75) is 238 Å². The van der Waals surface area contributed by atoms with Crippen LogP contribution in [0.5, 0.6) is 0 Å². The number of carbonyl (C=O) groups excluding carboxylic acids is 2. The van der Waals surface area contributed by atoms with Crippen molar-refractivity contribution in [1.82, 2.24) is 0 Å². The van der Waals surface area contributed by atoms with Crippen molar-refractivity contribution in [3.8, 4) is 0 Å². The fourth-order valence-corrected chi connectivity index (χ4v) is 8.64. The highest BCUT2D eigenvalue weighted by molar-refractivity contribution is 7.45. The first-order valence-electron chi connectivity index (χ1n) is 30.9. The molecular formula is C68H114NO8P. The number of quaternary nitrogens is 1. The average molecular weight is 1100 g/mol. The summed E-state index contributed by atoms with van der Waals surface area (Å²) in [5.41, 5.74) is 0. The maximum Gasteiger partial charge on any atom is 0.306 e. The zero-order chi connectivity index (χ0) is 57.0. The maximum absolute atomic E-state index is 12.8. The van der Waals surface area contributed by atoms with Crippen molar-refractivity contribution in [2.75, 3.05) is 47.5 Å². The van der Waals surface area contributed by atoms with Gasteiger partial charge in [0, 0.05) is 12.8 Å². The first kappa shape index (κ1) is 74.2. The number of hydrogen-bond donors (Lipinski definition) is 0. The maximum atomic E-state index is 12.8. The van der Waals surface area contributed by atoms with Gasteiger partial charge < -0.3 is 27.9 Å². The Labute approximate surface area is 479 Å². The molecule has 0 N–H and O–H groups in total. The Balaban J connectivity index is 4.26. The topological polar surface area (TPSA) is 111 Å². The molecule has 0 saturated carbocycles. The molecular weight excluding hydrogens is 990 g/mol. The molecule has 0 aromatic heterocycles. The van der Waals surface area contributed by atoms with Crippen LogP contribution in [0.3, 0.4) is 0 Å². The highest BCUT2D eigenvalue weighted by Gasteiger charge is 2.22. The zero-order valence-electron chi connectivity index (χ0n) is 50.3. The Morgan fingerprint density at radius 3 is 1.09 bits per heavy atom. The normalized spacial score (nSPS) is 14.2. The predicted molar refractivity (Wildman–Crippen MR) is 332 cm³/mol. The fourth-order valence-electron chi connectivity index (χ4n) is 7.91. The summed E-state index contributed by atoms with van der Waals surface area (Å²) in [6, 6.07) is 0. The van der Waals surface area contributed by atoms with Gasteiger partial charge in [0.25, 0.3) is 7.82 Å². The van der Waals surface area contributed by atoms with Gasteiger partial charge in [0.2, 0.25) is 0 Å². The van der Waals surface area contributed by atoms with Crippen LogP contribution >= 0.6 is 7.82 Å². The van der Waals surface area contributed by atoms with Crippen LogP contribution in [0.1, 0.15) is 232 Å². The highest BCUT2D eigenvalue weighted by Crippen LogP contribution is 2.38. The van der Waals surface area contributed by atoms with Crippen molar-refractivity contribution < 1.29 is 42.1 Å².